The predicted molar refractivity (Wildman–Crippen MR) is 78.5 cm³/mol. The van der Waals surface area contributed by atoms with Crippen molar-refractivity contribution >= 4 is 22.9 Å². The van der Waals surface area contributed by atoms with Crippen molar-refractivity contribution in [2.75, 3.05) is 18.5 Å². The summed E-state index contributed by atoms with van der Waals surface area (Å²) in [5, 5.41) is 8.28. The summed E-state index contributed by atoms with van der Waals surface area (Å²) in [6, 6.07) is 1.95. The van der Waals surface area contributed by atoms with Gasteiger partial charge in [-0.3, -0.25) is 4.79 Å². The summed E-state index contributed by atoms with van der Waals surface area (Å²) in [5.74, 6) is -0.0183. The molecule has 1 fully saturated rings. The second kappa shape index (κ2) is 7.62. The van der Waals surface area contributed by atoms with E-state index in [1.807, 2.05) is 11.4 Å². The van der Waals surface area contributed by atoms with Crippen molar-refractivity contribution in [2.24, 2.45) is 0 Å². The van der Waals surface area contributed by atoms with Gasteiger partial charge in [0.2, 0.25) is 5.91 Å². The van der Waals surface area contributed by atoms with Crippen LogP contribution in [-0.4, -0.2) is 25.2 Å². The molecule has 1 amide bonds. The maximum Gasteiger partial charge on any atom is 0.221 e. The molecule has 0 saturated carbocycles. The van der Waals surface area contributed by atoms with Crippen molar-refractivity contribution in [2.45, 2.75) is 45.3 Å². The zero-order valence-corrected chi connectivity index (χ0v) is 12.2. The number of carbonyl (C=O) groups excluding carboxylic acids is 1. The Hall–Kier alpha value is -0.910. The Balaban J connectivity index is 1.67. The van der Waals surface area contributed by atoms with Crippen LogP contribution >= 0.6 is 11.3 Å². The number of anilines is 1. The highest BCUT2D eigenvalue weighted by atomic mass is 32.1. The topological polar surface area (TPSA) is 50.4 Å². The molecule has 0 radical (unpaired) electrons. The molecule has 0 aromatic carbocycles. The second-order valence-corrected chi connectivity index (χ2v) is 5.89. The van der Waals surface area contributed by atoms with Gasteiger partial charge in [-0.2, -0.15) is 0 Å². The van der Waals surface area contributed by atoms with Gasteiger partial charge in [0.05, 0.1) is 11.8 Å². The minimum absolute atomic E-state index is 0.0183. The van der Waals surface area contributed by atoms with E-state index < -0.39 is 0 Å². The zero-order valence-electron chi connectivity index (χ0n) is 11.4. The van der Waals surface area contributed by atoms with Crippen molar-refractivity contribution in [3.05, 3.63) is 16.3 Å². The lowest BCUT2D eigenvalue weighted by molar-refractivity contribution is -0.114. The number of nitrogens with one attached hydrogen (secondary N) is 2. The summed E-state index contributed by atoms with van der Waals surface area (Å²) in [6.07, 6.45) is 5.19. The fraction of sp³-hybridized carbons (Fsp3) is 0.643. The van der Waals surface area contributed by atoms with Gasteiger partial charge in [0.1, 0.15) is 0 Å². The smallest absolute Gasteiger partial charge is 0.221 e. The minimum atomic E-state index is -0.0183. The Bertz CT molecular complexity index is 400. The standard InChI is InChI=1S/C14H22N2O2S/c1-11(17)16-13-6-9-19-14(13)10-15-7-5-12-4-2-3-8-18-12/h6,9,12,15H,2-5,7-8,10H2,1H3,(H,16,17). The Labute approximate surface area is 118 Å². The number of rotatable bonds is 6. The molecule has 0 bridgehead atoms. The molecule has 1 aliphatic heterocycles. The van der Waals surface area contributed by atoms with E-state index in [4.69, 9.17) is 4.74 Å². The molecule has 1 atom stereocenters. The van der Waals surface area contributed by atoms with Crippen LogP contribution in [0.2, 0.25) is 0 Å². The van der Waals surface area contributed by atoms with E-state index in [0.29, 0.717) is 6.10 Å². The summed E-state index contributed by atoms with van der Waals surface area (Å²) in [5.41, 5.74) is 0.930. The fourth-order valence-corrected chi connectivity index (χ4v) is 3.08. The van der Waals surface area contributed by atoms with Crippen LogP contribution in [0.4, 0.5) is 5.69 Å². The number of hydrogen-bond donors (Lipinski definition) is 2. The van der Waals surface area contributed by atoms with Crippen LogP contribution in [-0.2, 0) is 16.1 Å². The molecular weight excluding hydrogens is 260 g/mol. The number of hydrogen-bond acceptors (Lipinski definition) is 4. The van der Waals surface area contributed by atoms with Gasteiger partial charge in [-0.25, -0.2) is 0 Å². The second-order valence-electron chi connectivity index (χ2n) is 4.89. The molecule has 106 valence electrons. The van der Waals surface area contributed by atoms with Gasteiger partial charge < -0.3 is 15.4 Å². The molecule has 1 saturated heterocycles. The van der Waals surface area contributed by atoms with Crippen LogP contribution in [0.25, 0.3) is 0 Å². The summed E-state index contributed by atoms with van der Waals surface area (Å²) in [7, 11) is 0. The average Bonchev–Trinajstić information content (AvgIpc) is 2.82. The number of thiophene rings is 1. The highest BCUT2D eigenvalue weighted by Gasteiger charge is 2.13. The molecule has 19 heavy (non-hydrogen) atoms. The van der Waals surface area contributed by atoms with Gasteiger partial charge in [-0.15, -0.1) is 11.3 Å². The van der Waals surface area contributed by atoms with Gasteiger partial charge >= 0.3 is 0 Å². The lowest BCUT2D eigenvalue weighted by Gasteiger charge is -2.22. The molecule has 2 heterocycles. The molecule has 1 aromatic rings. The van der Waals surface area contributed by atoms with Crippen molar-refractivity contribution < 1.29 is 9.53 Å². The van der Waals surface area contributed by atoms with E-state index in [1.54, 1.807) is 11.3 Å². The molecule has 4 nitrogen and oxygen atoms in total. The molecule has 1 unspecified atom stereocenters. The minimum Gasteiger partial charge on any atom is -0.378 e. The van der Waals surface area contributed by atoms with Crippen molar-refractivity contribution in [1.82, 2.24) is 5.32 Å². The number of carbonyl (C=O) groups is 1. The van der Waals surface area contributed by atoms with Crippen molar-refractivity contribution in [3.8, 4) is 0 Å². The number of ether oxygens (including phenoxy) is 1. The molecular formula is C14H22N2O2S. The molecule has 0 spiro atoms. The first-order valence-electron chi connectivity index (χ1n) is 6.92. The maximum absolute atomic E-state index is 11.1. The molecule has 2 N–H and O–H groups in total. The third kappa shape index (κ3) is 4.93. The van der Waals surface area contributed by atoms with Crippen LogP contribution in [0.5, 0.6) is 0 Å². The Kier molecular flexibility index (Phi) is 5.82. The first-order valence-corrected chi connectivity index (χ1v) is 7.80. The van der Waals surface area contributed by atoms with Crippen molar-refractivity contribution in [3.63, 3.8) is 0 Å². The first kappa shape index (κ1) is 14.5. The van der Waals surface area contributed by atoms with E-state index in [9.17, 15) is 4.79 Å². The third-order valence-electron chi connectivity index (χ3n) is 3.26. The molecule has 1 aliphatic rings. The summed E-state index contributed by atoms with van der Waals surface area (Å²) in [6.45, 7) is 4.22. The highest BCUT2D eigenvalue weighted by Crippen LogP contribution is 2.22. The lowest BCUT2D eigenvalue weighted by Crippen LogP contribution is -2.25. The van der Waals surface area contributed by atoms with Crippen LogP contribution in [0.1, 0.15) is 37.5 Å². The van der Waals surface area contributed by atoms with Crippen LogP contribution < -0.4 is 10.6 Å². The van der Waals surface area contributed by atoms with E-state index >= 15 is 0 Å². The van der Waals surface area contributed by atoms with E-state index in [0.717, 1.165) is 31.8 Å². The summed E-state index contributed by atoms with van der Waals surface area (Å²) >= 11 is 1.67. The Morgan fingerprint density at radius 3 is 3.16 bits per heavy atom. The van der Waals surface area contributed by atoms with Gasteiger partial charge in [0.15, 0.2) is 0 Å². The Morgan fingerprint density at radius 2 is 2.42 bits per heavy atom. The largest absolute Gasteiger partial charge is 0.378 e. The van der Waals surface area contributed by atoms with Gasteiger partial charge in [-0.05, 0) is 43.7 Å². The monoisotopic (exact) mass is 282 g/mol. The average molecular weight is 282 g/mol. The molecule has 1 aromatic heterocycles. The Morgan fingerprint density at radius 1 is 1.53 bits per heavy atom. The maximum atomic E-state index is 11.1. The quantitative estimate of drug-likeness (QED) is 0.789. The van der Waals surface area contributed by atoms with E-state index in [2.05, 4.69) is 10.6 Å². The highest BCUT2D eigenvalue weighted by molar-refractivity contribution is 7.10. The molecule has 0 aliphatic carbocycles. The van der Waals surface area contributed by atoms with Crippen LogP contribution in [0.3, 0.4) is 0 Å². The van der Waals surface area contributed by atoms with Gasteiger partial charge in [0.25, 0.3) is 0 Å². The van der Waals surface area contributed by atoms with E-state index in [1.165, 1.54) is 31.1 Å². The van der Waals surface area contributed by atoms with E-state index in [-0.39, 0.29) is 5.91 Å². The summed E-state index contributed by atoms with van der Waals surface area (Å²) < 4.78 is 5.70. The normalized spacial score (nSPS) is 19.3. The van der Waals surface area contributed by atoms with Crippen LogP contribution in [0, 0.1) is 0 Å². The third-order valence-corrected chi connectivity index (χ3v) is 4.18. The molecule has 5 heteroatoms. The van der Waals surface area contributed by atoms with Crippen molar-refractivity contribution in [1.29, 1.82) is 0 Å². The van der Waals surface area contributed by atoms with Gasteiger partial charge in [0, 0.05) is 25.0 Å². The van der Waals surface area contributed by atoms with Gasteiger partial charge in [-0.1, -0.05) is 0 Å². The first-order chi connectivity index (χ1) is 9.25. The zero-order chi connectivity index (χ0) is 13.5. The fourth-order valence-electron chi connectivity index (χ4n) is 2.28. The predicted octanol–water partition coefficient (Wildman–Crippen LogP) is 2.76. The summed E-state index contributed by atoms with van der Waals surface area (Å²) in [4.78, 5) is 12.2. The molecule has 2 rings (SSSR count). The number of amides is 1. The SMILES string of the molecule is CC(=O)Nc1ccsc1CNCCC1CCCCO1. The van der Waals surface area contributed by atoms with Crippen LogP contribution in [0.15, 0.2) is 11.4 Å². The lowest BCUT2D eigenvalue weighted by atomic mass is 10.1.